The van der Waals surface area contributed by atoms with Gasteiger partial charge < -0.3 is 16.6 Å². The fraction of sp³-hybridized carbons (Fsp3) is 0.857. The molecule has 0 fully saturated rings. The maximum Gasteiger partial charge on any atom is 0.300 e. The highest BCUT2D eigenvalue weighted by molar-refractivity contribution is 5.62. The molecule has 0 aromatic heterocycles. The van der Waals surface area contributed by atoms with Gasteiger partial charge in [-0.15, -0.1) is 0 Å². The van der Waals surface area contributed by atoms with Gasteiger partial charge in [-0.05, 0) is 18.5 Å². The zero-order chi connectivity index (χ0) is 9.49. The molecule has 0 aliphatic heterocycles. The average molecular weight is 162 g/mol. The zero-order valence-electron chi connectivity index (χ0n) is 7.42. The number of hydrogen-bond acceptors (Lipinski definition) is 3. The van der Waals surface area contributed by atoms with Crippen LogP contribution >= 0.6 is 0 Å². The smallest absolute Gasteiger partial charge is 0.300 e. The monoisotopic (exact) mass is 162 g/mol. The van der Waals surface area contributed by atoms with Crippen molar-refractivity contribution in [1.29, 1.82) is 0 Å². The molecule has 68 valence electrons. The number of carboxylic acid groups (broad SMARTS) is 1. The summed E-state index contributed by atoms with van der Waals surface area (Å²) in [6.07, 6.45) is 0. The van der Waals surface area contributed by atoms with Gasteiger partial charge in [0.2, 0.25) is 0 Å². The lowest BCUT2D eigenvalue weighted by Gasteiger charge is -2.18. The van der Waals surface area contributed by atoms with Crippen LogP contribution in [0.3, 0.4) is 0 Å². The first-order chi connectivity index (χ1) is 4.85. The zero-order valence-corrected chi connectivity index (χ0v) is 7.42. The van der Waals surface area contributed by atoms with Crippen LogP contribution in [0, 0.1) is 5.41 Å². The number of carboxylic acids is 1. The topological polar surface area (TPSA) is 89.3 Å². The standard InChI is InChI=1S/C5H14N2.C2H4O2/c1-5(2,3-6)4-7;1-2(3)4/h3-4,6-7H2,1-2H3;1H3,(H,3,4). The van der Waals surface area contributed by atoms with E-state index in [1.165, 1.54) is 0 Å². The third-order valence-corrected chi connectivity index (χ3v) is 1.11. The van der Waals surface area contributed by atoms with Gasteiger partial charge >= 0.3 is 0 Å². The molecule has 5 N–H and O–H groups in total. The second-order valence-electron chi connectivity index (χ2n) is 3.09. The van der Waals surface area contributed by atoms with E-state index < -0.39 is 5.97 Å². The Kier molecular flexibility index (Phi) is 7.24. The van der Waals surface area contributed by atoms with Crippen LogP contribution in [-0.2, 0) is 4.79 Å². The molecule has 0 aliphatic rings. The highest BCUT2D eigenvalue weighted by Crippen LogP contribution is 2.07. The van der Waals surface area contributed by atoms with Crippen molar-refractivity contribution < 1.29 is 9.90 Å². The van der Waals surface area contributed by atoms with Gasteiger partial charge in [0.05, 0.1) is 0 Å². The molecule has 0 amide bonds. The molecule has 0 aromatic rings. The molecule has 0 bridgehead atoms. The van der Waals surface area contributed by atoms with Crippen LogP contribution in [-0.4, -0.2) is 24.2 Å². The first-order valence-corrected chi connectivity index (χ1v) is 3.45. The predicted molar refractivity (Wildman–Crippen MR) is 45.2 cm³/mol. The summed E-state index contributed by atoms with van der Waals surface area (Å²) in [5, 5.41) is 7.42. The minimum absolute atomic E-state index is 0.139. The first kappa shape index (κ1) is 13.0. The quantitative estimate of drug-likeness (QED) is 0.534. The van der Waals surface area contributed by atoms with Crippen molar-refractivity contribution in [2.75, 3.05) is 13.1 Å². The predicted octanol–water partition coefficient (Wildman–Crippen LogP) is 0.0209. The Morgan fingerprint density at radius 1 is 1.36 bits per heavy atom. The number of nitrogens with two attached hydrogens (primary N) is 2. The van der Waals surface area contributed by atoms with Crippen molar-refractivity contribution in [3.05, 3.63) is 0 Å². The second-order valence-corrected chi connectivity index (χ2v) is 3.09. The van der Waals surface area contributed by atoms with Gasteiger partial charge in [0, 0.05) is 6.92 Å². The second kappa shape index (κ2) is 6.12. The maximum atomic E-state index is 9.00. The van der Waals surface area contributed by atoms with Crippen molar-refractivity contribution in [3.8, 4) is 0 Å². The summed E-state index contributed by atoms with van der Waals surface area (Å²) in [5.41, 5.74) is 10.8. The van der Waals surface area contributed by atoms with Gasteiger partial charge in [-0.2, -0.15) is 0 Å². The molecule has 4 nitrogen and oxygen atoms in total. The Balaban J connectivity index is 0. The highest BCUT2D eigenvalue weighted by Gasteiger charge is 2.10. The Morgan fingerprint density at radius 2 is 1.55 bits per heavy atom. The Bertz CT molecular complexity index is 103. The van der Waals surface area contributed by atoms with E-state index in [0.717, 1.165) is 6.92 Å². The van der Waals surface area contributed by atoms with E-state index in [1.807, 2.05) is 13.8 Å². The van der Waals surface area contributed by atoms with Crippen LogP contribution in [0.5, 0.6) is 0 Å². The third kappa shape index (κ3) is 17.7. The van der Waals surface area contributed by atoms with E-state index in [-0.39, 0.29) is 5.41 Å². The van der Waals surface area contributed by atoms with Crippen LogP contribution in [0.4, 0.5) is 0 Å². The molecule has 0 unspecified atom stereocenters. The summed E-state index contributed by atoms with van der Waals surface area (Å²) >= 11 is 0. The minimum Gasteiger partial charge on any atom is -0.481 e. The average Bonchev–Trinajstić information content (AvgIpc) is 1.87. The number of rotatable bonds is 2. The lowest BCUT2D eigenvalue weighted by atomic mass is 9.95. The van der Waals surface area contributed by atoms with Crippen molar-refractivity contribution in [1.82, 2.24) is 0 Å². The molecule has 0 aromatic carbocycles. The lowest BCUT2D eigenvalue weighted by molar-refractivity contribution is -0.134. The summed E-state index contributed by atoms with van der Waals surface area (Å²) in [6.45, 7) is 6.52. The van der Waals surface area contributed by atoms with Crippen LogP contribution in [0.25, 0.3) is 0 Å². The van der Waals surface area contributed by atoms with Crippen LogP contribution in [0.1, 0.15) is 20.8 Å². The molecule has 0 heterocycles. The summed E-state index contributed by atoms with van der Waals surface area (Å²) in [6, 6.07) is 0. The van der Waals surface area contributed by atoms with Gasteiger partial charge in [-0.1, -0.05) is 13.8 Å². The molecule has 0 radical (unpaired) electrons. The first-order valence-electron chi connectivity index (χ1n) is 3.45. The van der Waals surface area contributed by atoms with Crippen molar-refractivity contribution in [2.24, 2.45) is 16.9 Å². The van der Waals surface area contributed by atoms with E-state index >= 15 is 0 Å². The summed E-state index contributed by atoms with van der Waals surface area (Å²) in [7, 11) is 0. The number of carbonyl (C=O) groups is 1. The fourth-order valence-corrected chi connectivity index (χ4v) is 0.0833. The molecule has 0 rings (SSSR count). The largest absolute Gasteiger partial charge is 0.481 e. The van der Waals surface area contributed by atoms with Gasteiger partial charge in [0.1, 0.15) is 0 Å². The normalized spacial score (nSPS) is 9.91. The van der Waals surface area contributed by atoms with Crippen molar-refractivity contribution >= 4 is 5.97 Å². The van der Waals surface area contributed by atoms with E-state index in [1.54, 1.807) is 0 Å². The minimum atomic E-state index is -0.833. The maximum absolute atomic E-state index is 9.00. The summed E-state index contributed by atoms with van der Waals surface area (Å²) in [5.74, 6) is -0.833. The van der Waals surface area contributed by atoms with Crippen molar-refractivity contribution in [2.45, 2.75) is 20.8 Å². The molecular weight excluding hydrogens is 144 g/mol. The van der Waals surface area contributed by atoms with Gasteiger partial charge in [0.15, 0.2) is 0 Å². The molecule has 0 saturated carbocycles. The highest BCUT2D eigenvalue weighted by atomic mass is 16.4. The summed E-state index contributed by atoms with van der Waals surface area (Å²) in [4.78, 5) is 9.00. The van der Waals surface area contributed by atoms with Crippen LogP contribution < -0.4 is 11.5 Å². The third-order valence-electron chi connectivity index (χ3n) is 1.11. The molecule has 0 atom stereocenters. The van der Waals surface area contributed by atoms with Crippen LogP contribution in [0.2, 0.25) is 0 Å². The van der Waals surface area contributed by atoms with E-state index in [4.69, 9.17) is 21.4 Å². The fourth-order valence-electron chi connectivity index (χ4n) is 0.0833. The summed E-state index contributed by atoms with van der Waals surface area (Å²) < 4.78 is 0. The lowest BCUT2D eigenvalue weighted by Crippen LogP contribution is -2.31. The molecular formula is C7H18N2O2. The molecule has 11 heavy (non-hydrogen) atoms. The Hall–Kier alpha value is -0.610. The van der Waals surface area contributed by atoms with Gasteiger partial charge in [0.25, 0.3) is 5.97 Å². The molecule has 0 spiro atoms. The number of hydrogen-bond donors (Lipinski definition) is 3. The van der Waals surface area contributed by atoms with E-state index in [0.29, 0.717) is 13.1 Å². The van der Waals surface area contributed by atoms with E-state index in [2.05, 4.69) is 0 Å². The van der Waals surface area contributed by atoms with Crippen LogP contribution in [0.15, 0.2) is 0 Å². The molecule has 0 saturated heterocycles. The molecule has 4 heteroatoms. The Morgan fingerprint density at radius 3 is 1.55 bits per heavy atom. The van der Waals surface area contributed by atoms with Crippen molar-refractivity contribution in [3.63, 3.8) is 0 Å². The molecule has 0 aliphatic carbocycles. The SMILES string of the molecule is CC(=O)O.CC(C)(CN)CN. The van der Waals surface area contributed by atoms with Gasteiger partial charge in [-0.3, -0.25) is 4.79 Å². The van der Waals surface area contributed by atoms with E-state index in [9.17, 15) is 0 Å². The van der Waals surface area contributed by atoms with Gasteiger partial charge in [-0.25, -0.2) is 0 Å². The Labute approximate surface area is 67.6 Å². The number of aliphatic carboxylic acids is 1.